The minimum Gasteiger partial charge on any atom is -0.370 e. The second-order valence-electron chi connectivity index (χ2n) is 3.28. The van der Waals surface area contributed by atoms with Crippen molar-refractivity contribution in [1.29, 1.82) is 0 Å². The Morgan fingerprint density at radius 2 is 1.94 bits per heavy atom. The van der Waals surface area contributed by atoms with E-state index in [1.807, 2.05) is 6.92 Å². The summed E-state index contributed by atoms with van der Waals surface area (Å²) in [5.74, 6) is -3.40. The quantitative estimate of drug-likeness (QED) is 0.796. The average Bonchev–Trinajstić information content (AvgIpc) is 2.26. The summed E-state index contributed by atoms with van der Waals surface area (Å²) in [7, 11) is 0. The van der Waals surface area contributed by atoms with Gasteiger partial charge in [-0.3, -0.25) is 0 Å². The molecule has 0 aliphatic heterocycles. The second kappa shape index (κ2) is 4.00. The molecule has 0 aliphatic carbocycles. The summed E-state index contributed by atoms with van der Waals surface area (Å²) in [6.07, 6.45) is 0. The smallest absolute Gasteiger partial charge is 0.195 e. The maximum absolute atomic E-state index is 13.3. The van der Waals surface area contributed by atoms with E-state index in [9.17, 15) is 13.2 Å². The minimum absolute atomic E-state index is 0.0273. The lowest BCUT2D eigenvalue weighted by atomic mass is 10.2. The fourth-order valence-corrected chi connectivity index (χ4v) is 1.46. The molecule has 0 saturated carbocycles. The molecule has 1 aromatic carbocycles. The van der Waals surface area contributed by atoms with Crippen molar-refractivity contribution in [3.63, 3.8) is 0 Å². The topological polar surface area (TPSA) is 24.9 Å². The van der Waals surface area contributed by atoms with E-state index in [0.29, 0.717) is 12.4 Å². The molecule has 2 aromatic rings. The maximum atomic E-state index is 13.3. The van der Waals surface area contributed by atoms with Crippen LogP contribution in [0.5, 0.6) is 0 Å². The summed E-state index contributed by atoms with van der Waals surface area (Å²) >= 11 is 0. The summed E-state index contributed by atoms with van der Waals surface area (Å²) in [5.41, 5.74) is 0.0925. The summed E-state index contributed by atoms with van der Waals surface area (Å²) in [6.45, 7) is 2.52. The highest BCUT2D eigenvalue weighted by atomic mass is 19.2. The lowest BCUT2D eigenvalue weighted by Gasteiger charge is -2.05. The molecule has 0 aliphatic rings. The lowest BCUT2D eigenvalue weighted by molar-refractivity contribution is 0.453. The van der Waals surface area contributed by atoms with Crippen LogP contribution in [0.25, 0.3) is 10.9 Å². The molecular weight excluding hydrogens is 217 g/mol. The van der Waals surface area contributed by atoms with Crippen molar-refractivity contribution >= 4 is 16.7 Å². The predicted molar refractivity (Wildman–Crippen MR) is 55.8 cm³/mol. The zero-order valence-corrected chi connectivity index (χ0v) is 8.52. The predicted octanol–water partition coefficient (Wildman–Crippen LogP) is 3.08. The third-order valence-electron chi connectivity index (χ3n) is 2.18. The van der Waals surface area contributed by atoms with Crippen molar-refractivity contribution < 1.29 is 13.2 Å². The van der Waals surface area contributed by atoms with Crippen molar-refractivity contribution in [2.45, 2.75) is 6.92 Å². The molecule has 0 spiro atoms. The van der Waals surface area contributed by atoms with Crippen LogP contribution in [0.1, 0.15) is 6.92 Å². The molecule has 84 valence electrons. The number of rotatable bonds is 2. The van der Waals surface area contributed by atoms with Crippen LogP contribution in [0.4, 0.5) is 19.0 Å². The molecule has 0 amide bonds. The van der Waals surface area contributed by atoms with Crippen LogP contribution in [0.3, 0.4) is 0 Å². The van der Waals surface area contributed by atoms with Crippen molar-refractivity contribution in [2.24, 2.45) is 0 Å². The number of aromatic nitrogens is 1. The fraction of sp³-hybridized carbons (Fsp3) is 0.182. The Morgan fingerprint density at radius 1 is 1.19 bits per heavy atom. The molecule has 5 heteroatoms. The highest BCUT2D eigenvalue weighted by molar-refractivity contribution is 5.81. The standard InChI is InChI=1S/C11H9F3N2/c1-2-15-9-4-3-6-8(16-9)5-7(12)11(14)10(6)13/h3-5H,2H2,1H3,(H,15,16). The normalized spacial score (nSPS) is 10.8. The van der Waals surface area contributed by atoms with Gasteiger partial charge in [0.15, 0.2) is 17.5 Å². The Bertz CT molecular complexity index is 540. The number of halogens is 3. The number of anilines is 1. The molecule has 0 atom stereocenters. The van der Waals surface area contributed by atoms with Gasteiger partial charge in [0.25, 0.3) is 0 Å². The van der Waals surface area contributed by atoms with Gasteiger partial charge in [-0.05, 0) is 19.1 Å². The molecule has 2 rings (SSSR count). The van der Waals surface area contributed by atoms with Gasteiger partial charge in [-0.1, -0.05) is 0 Å². The van der Waals surface area contributed by atoms with Crippen molar-refractivity contribution in [2.75, 3.05) is 11.9 Å². The zero-order valence-electron chi connectivity index (χ0n) is 8.52. The molecule has 2 nitrogen and oxygen atoms in total. The molecule has 1 aromatic heterocycles. The van der Waals surface area contributed by atoms with Gasteiger partial charge in [-0.15, -0.1) is 0 Å². The number of nitrogens with one attached hydrogen (secondary N) is 1. The molecule has 0 saturated heterocycles. The Labute approximate surface area is 90.1 Å². The number of pyridine rings is 1. The van der Waals surface area contributed by atoms with E-state index in [-0.39, 0.29) is 10.9 Å². The van der Waals surface area contributed by atoms with Crippen LogP contribution in [-0.4, -0.2) is 11.5 Å². The van der Waals surface area contributed by atoms with E-state index in [1.54, 1.807) is 0 Å². The van der Waals surface area contributed by atoms with Crippen molar-refractivity contribution in [3.05, 3.63) is 35.7 Å². The fourth-order valence-electron chi connectivity index (χ4n) is 1.46. The van der Waals surface area contributed by atoms with Crippen LogP contribution >= 0.6 is 0 Å². The van der Waals surface area contributed by atoms with E-state index in [4.69, 9.17) is 0 Å². The van der Waals surface area contributed by atoms with E-state index < -0.39 is 17.5 Å². The van der Waals surface area contributed by atoms with Gasteiger partial charge in [-0.2, -0.15) is 0 Å². The zero-order chi connectivity index (χ0) is 11.7. The molecule has 1 N–H and O–H groups in total. The first-order valence-corrected chi connectivity index (χ1v) is 4.81. The molecule has 1 heterocycles. The largest absolute Gasteiger partial charge is 0.370 e. The van der Waals surface area contributed by atoms with Gasteiger partial charge in [0.2, 0.25) is 0 Å². The Hall–Kier alpha value is -1.78. The Morgan fingerprint density at radius 3 is 2.62 bits per heavy atom. The van der Waals surface area contributed by atoms with Crippen molar-refractivity contribution in [3.8, 4) is 0 Å². The first kappa shape index (κ1) is 10.7. The number of benzene rings is 1. The van der Waals surface area contributed by atoms with Gasteiger partial charge in [-0.25, -0.2) is 18.2 Å². The summed E-state index contributed by atoms with van der Waals surface area (Å²) in [4.78, 5) is 3.97. The highest BCUT2D eigenvalue weighted by Crippen LogP contribution is 2.22. The van der Waals surface area contributed by atoms with Gasteiger partial charge in [0.05, 0.1) is 5.52 Å². The Kier molecular flexibility index (Phi) is 2.68. The van der Waals surface area contributed by atoms with Crippen molar-refractivity contribution in [1.82, 2.24) is 4.98 Å². The van der Waals surface area contributed by atoms with E-state index in [0.717, 1.165) is 6.07 Å². The van der Waals surface area contributed by atoms with E-state index >= 15 is 0 Å². The molecule has 0 fully saturated rings. The second-order valence-corrected chi connectivity index (χ2v) is 3.28. The van der Waals surface area contributed by atoms with E-state index in [1.165, 1.54) is 12.1 Å². The first-order chi connectivity index (χ1) is 7.63. The lowest BCUT2D eigenvalue weighted by Crippen LogP contribution is -2.00. The molecule has 0 unspecified atom stereocenters. The monoisotopic (exact) mass is 226 g/mol. The summed E-state index contributed by atoms with van der Waals surface area (Å²) < 4.78 is 39.2. The van der Waals surface area contributed by atoms with Crippen LogP contribution < -0.4 is 5.32 Å². The van der Waals surface area contributed by atoms with Gasteiger partial charge < -0.3 is 5.32 Å². The van der Waals surface area contributed by atoms with Crippen LogP contribution in [0.2, 0.25) is 0 Å². The maximum Gasteiger partial charge on any atom is 0.195 e. The number of hydrogen-bond acceptors (Lipinski definition) is 2. The molecule has 0 radical (unpaired) electrons. The number of fused-ring (bicyclic) bond motifs is 1. The van der Waals surface area contributed by atoms with Crippen LogP contribution in [-0.2, 0) is 0 Å². The highest BCUT2D eigenvalue weighted by Gasteiger charge is 2.14. The third kappa shape index (κ3) is 1.68. The molecular formula is C11H9F3N2. The first-order valence-electron chi connectivity index (χ1n) is 4.81. The third-order valence-corrected chi connectivity index (χ3v) is 2.18. The summed E-state index contributed by atoms with van der Waals surface area (Å²) in [5, 5.41) is 2.88. The summed E-state index contributed by atoms with van der Waals surface area (Å²) in [6, 6.07) is 3.78. The van der Waals surface area contributed by atoms with Gasteiger partial charge >= 0.3 is 0 Å². The van der Waals surface area contributed by atoms with Gasteiger partial charge in [0, 0.05) is 18.0 Å². The van der Waals surface area contributed by atoms with Crippen LogP contribution in [0, 0.1) is 17.5 Å². The minimum atomic E-state index is -1.47. The number of nitrogens with zero attached hydrogens (tertiary/aromatic N) is 1. The van der Waals surface area contributed by atoms with Crippen LogP contribution in [0.15, 0.2) is 18.2 Å². The number of hydrogen-bond donors (Lipinski definition) is 1. The Balaban J connectivity index is 2.66. The molecule has 0 bridgehead atoms. The molecule has 16 heavy (non-hydrogen) atoms. The average molecular weight is 226 g/mol. The SMILES string of the molecule is CCNc1ccc2c(F)c(F)c(F)cc2n1. The van der Waals surface area contributed by atoms with Gasteiger partial charge in [0.1, 0.15) is 5.82 Å². The van der Waals surface area contributed by atoms with E-state index in [2.05, 4.69) is 10.3 Å².